The number of anilines is 1. The zero-order valence-electron chi connectivity index (χ0n) is 12.7. The molecule has 0 aliphatic rings. The summed E-state index contributed by atoms with van der Waals surface area (Å²) in [6, 6.07) is 7.55. The first-order valence-electron chi connectivity index (χ1n) is 6.78. The van der Waals surface area contributed by atoms with Gasteiger partial charge in [-0.05, 0) is 24.5 Å². The van der Waals surface area contributed by atoms with Gasteiger partial charge in [0.05, 0.1) is 5.69 Å². The Morgan fingerprint density at radius 3 is 2.48 bits per heavy atom. The van der Waals surface area contributed by atoms with Crippen molar-refractivity contribution in [2.45, 2.75) is 34.1 Å². The number of rotatable bonds is 3. The predicted molar refractivity (Wildman–Crippen MR) is 90.0 cm³/mol. The molecule has 0 fully saturated rings. The van der Waals surface area contributed by atoms with E-state index in [2.05, 4.69) is 10.3 Å². The topological polar surface area (TPSA) is 42.0 Å². The molecule has 0 aliphatic heterocycles. The molecule has 2 rings (SSSR count). The first kappa shape index (κ1) is 16.0. The summed E-state index contributed by atoms with van der Waals surface area (Å²) in [5.41, 5.74) is 1.86. The molecule has 1 aromatic heterocycles. The molecule has 2 aromatic rings. The van der Waals surface area contributed by atoms with Gasteiger partial charge in [-0.2, -0.15) is 0 Å². The van der Waals surface area contributed by atoms with Crippen LogP contribution in [-0.4, -0.2) is 10.9 Å². The number of aromatic nitrogens is 1. The summed E-state index contributed by atoms with van der Waals surface area (Å²) in [4.78, 5) is 17.6. The van der Waals surface area contributed by atoms with Crippen LogP contribution in [0.1, 0.15) is 32.1 Å². The van der Waals surface area contributed by atoms with Gasteiger partial charge in [-0.15, -0.1) is 11.3 Å². The lowest BCUT2D eigenvalue weighted by atomic mass is 9.92. The van der Waals surface area contributed by atoms with E-state index in [0.29, 0.717) is 16.6 Å². The third-order valence-electron chi connectivity index (χ3n) is 2.85. The van der Waals surface area contributed by atoms with Crippen molar-refractivity contribution in [2.24, 2.45) is 5.41 Å². The van der Waals surface area contributed by atoms with Gasteiger partial charge in [0.15, 0.2) is 5.13 Å². The van der Waals surface area contributed by atoms with Crippen molar-refractivity contribution in [3.63, 3.8) is 0 Å². The molecule has 0 bridgehead atoms. The van der Waals surface area contributed by atoms with Crippen LogP contribution in [0.2, 0.25) is 5.02 Å². The second kappa shape index (κ2) is 6.16. The number of nitrogens with zero attached hydrogens (tertiary/aromatic N) is 1. The highest BCUT2D eigenvalue weighted by atomic mass is 35.5. The summed E-state index contributed by atoms with van der Waals surface area (Å²) in [7, 11) is 0. The van der Waals surface area contributed by atoms with E-state index in [1.165, 1.54) is 11.3 Å². The molecular weight excluding hydrogens is 304 g/mol. The first-order chi connectivity index (χ1) is 9.74. The lowest BCUT2D eigenvalue weighted by Crippen LogP contribution is -2.19. The number of carbonyl (C=O) groups is 1. The van der Waals surface area contributed by atoms with E-state index in [4.69, 9.17) is 11.6 Å². The van der Waals surface area contributed by atoms with Crippen molar-refractivity contribution >= 4 is 34.0 Å². The SMILES string of the molecule is Cc1sc(NC(=O)CC(C)(C)C)nc1-c1ccc(Cl)cc1. The van der Waals surface area contributed by atoms with E-state index in [1.54, 1.807) is 0 Å². The van der Waals surface area contributed by atoms with Crippen LogP contribution in [0, 0.1) is 12.3 Å². The van der Waals surface area contributed by atoms with Crippen LogP contribution in [0.4, 0.5) is 5.13 Å². The fraction of sp³-hybridized carbons (Fsp3) is 0.375. The number of nitrogens with one attached hydrogen (secondary N) is 1. The number of hydrogen-bond acceptors (Lipinski definition) is 3. The summed E-state index contributed by atoms with van der Waals surface area (Å²) in [5, 5.41) is 4.23. The zero-order chi connectivity index (χ0) is 15.6. The van der Waals surface area contributed by atoms with Gasteiger partial charge in [0.2, 0.25) is 5.91 Å². The van der Waals surface area contributed by atoms with Crippen molar-refractivity contribution < 1.29 is 4.79 Å². The minimum atomic E-state index is -0.0323. The fourth-order valence-electron chi connectivity index (χ4n) is 1.97. The van der Waals surface area contributed by atoms with Crippen molar-refractivity contribution in [3.8, 4) is 11.3 Å². The van der Waals surface area contributed by atoms with Crippen LogP contribution in [-0.2, 0) is 4.79 Å². The second-order valence-corrected chi connectivity index (χ2v) is 7.86. The maximum absolute atomic E-state index is 12.0. The van der Waals surface area contributed by atoms with Crippen LogP contribution >= 0.6 is 22.9 Å². The lowest BCUT2D eigenvalue weighted by molar-refractivity contribution is -0.117. The molecule has 0 unspecified atom stereocenters. The van der Waals surface area contributed by atoms with Crippen molar-refractivity contribution in [1.82, 2.24) is 4.98 Å². The minimum Gasteiger partial charge on any atom is -0.302 e. The number of halogens is 1. The molecule has 0 aliphatic carbocycles. The average molecular weight is 323 g/mol. The Labute approximate surface area is 134 Å². The minimum absolute atomic E-state index is 0.00101. The van der Waals surface area contributed by atoms with E-state index < -0.39 is 0 Å². The molecule has 0 atom stereocenters. The molecule has 5 heteroatoms. The maximum atomic E-state index is 12.0. The standard InChI is InChI=1S/C16H19ClN2OS/c1-10-14(11-5-7-12(17)8-6-11)19-15(21-10)18-13(20)9-16(2,3)4/h5-8H,9H2,1-4H3,(H,18,19,20). The third kappa shape index (κ3) is 4.55. The highest BCUT2D eigenvalue weighted by Gasteiger charge is 2.18. The Kier molecular flexibility index (Phi) is 4.69. The van der Waals surface area contributed by atoms with Crippen LogP contribution in [0.3, 0.4) is 0 Å². The Morgan fingerprint density at radius 2 is 1.90 bits per heavy atom. The van der Waals surface area contributed by atoms with Crippen molar-refractivity contribution in [2.75, 3.05) is 5.32 Å². The van der Waals surface area contributed by atoms with Gasteiger partial charge in [-0.25, -0.2) is 4.98 Å². The van der Waals surface area contributed by atoms with Crippen molar-refractivity contribution in [3.05, 3.63) is 34.2 Å². The van der Waals surface area contributed by atoms with Gasteiger partial charge >= 0.3 is 0 Å². The second-order valence-electron chi connectivity index (χ2n) is 6.22. The van der Waals surface area contributed by atoms with Gasteiger partial charge in [0, 0.05) is 21.9 Å². The highest BCUT2D eigenvalue weighted by Crippen LogP contribution is 2.31. The molecule has 1 heterocycles. The molecule has 112 valence electrons. The van der Waals surface area contributed by atoms with Crippen LogP contribution < -0.4 is 5.32 Å². The van der Waals surface area contributed by atoms with E-state index in [-0.39, 0.29) is 11.3 Å². The number of carbonyl (C=O) groups excluding carboxylic acids is 1. The van der Waals surface area contributed by atoms with Crippen molar-refractivity contribution in [1.29, 1.82) is 0 Å². The average Bonchev–Trinajstić information content (AvgIpc) is 2.68. The fourth-order valence-corrected chi connectivity index (χ4v) is 2.95. The number of benzene rings is 1. The Morgan fingerprint density at radius 1 is 1.29 bits per heavy atom. The maximum Gasteiger partial charge on any atom is 0.226 e. The highest BCUT2D eigenvalue weighted by molar-refractivity contribution is 7.16. The number of hydrogen-bond donors (Lipinski definition) is 1. The number of thiazole rings is 1. The van der Waals surface area contributed by atoms with E-state index in [0.717, 1.165) is 16.1 Å². The summed E-state index contributed by atoms with van der Waals surface area (Å²) in [5.74, 6) is -0.00101. The van der Waals surface area contributed by atoms with E-state index in [1.807, 2.05) is 52.0 Å². The summed E-state index contributed by atoms with van der Waals surface area (Å²) in [6.07, 6.45) is 0.474. The molecule has 0 radical (unpaired) electrons. The van der Waals surface area contributed by atoms with Gasteiger partial charge in [-0.1, -0.05) is 44.5 Å². The predicted octanol–water partition coefficient (Wildman–Crippen LogP) is 5.15. The normalized spacial score (nSPS) is 11.5. The van der Waals surface area contributed by atoms with Gasteiger partial charge in [0.1, 0.15) is 0 Å². The summed E-state index contributed by atoms with van der Waals surface area (Å²) < 4.78 is 0. The first-order valence-corrected chi connectivity index (χ1v) is 7.97. The Balaban J connectivity index is 2.16. The summed E-state index contributed by atoms with van der Waals surface area (Å²) >= 11 is 7.39. The number of amides is 1. The molecular formula is C16H19ClN2OS. The summed E-state index contributed by atoms with van der Waals surface area (Å²) in [6.45, 7) is 8.12. The largest absolute Gasteiger partial charge is 0.302 e. The Bertz CT molecular complexity index is 641. The smallest absolute Gasteiger partial charge is 0.226 e. The molecule has 0 spiro atoms. The van der Waals surface area contributed by atoms with Gasteiger partial charge in [0.25, 0.3) is 0 Å². The molecule has 3 nitrogen and oxygen atoms in total. The van der Waals surface area contributed by atoms with Gasteiger partial charge < -0.3 is 5.32 Å². The lowest BCUT2D eigenvalue weighted by Gasteiger charge is -2.16. The van der Waals surface area contributed by atoms with Gasteiger partial charge in [-0.3, -0.25) is 4.79 Å². The zero-order valence-corrected chi connectivity index (χ0v) is 14.2. The van der Waals surface area contributed by atoms with E-state index in [9.17, 15) is 4.79 Å². The third-order valence-corrected chi connectivity index (χ3v) is 3.99. The number of aryl methyl sites for hydroxylation is 1. The van der Waals surface area contributed by atoms with E-state index >= 15 is 0 Å². The molecule has 1 N–H and O–H groups in total. The van der Waals surface area contributed by atoms with Crippen LogP contribution in [0.5, 0.6) is 0 Å². The molecule has 1 amide bonds. The quantitative estimate of drug-likeness (QED) is 0.849. The van der Waals surface area contributed by atoms with Crippen LogP contribution in [0.15, 0.2) is 24.3 Å². The van der Waals surface area contributed by atoms with Crippen LogP contribution in [0.25, 0.3) is 11.3 Å². The monoisotopic (exact) mass is 322 g/mol. The molecule has 1 aromatic carbocycles. The Hall–Kier alpha value is -1.39. The molecule has 0 saturated carbocycles. The molecule has 21 heavy (non-hydrogen) atoms. The molecule has 0 saturated heterocycles.